The number of amides is 2. The number of hydrogen-bond acceptors (Lipinski definition) is 4. The van der Waals surface area contributed by atoms with E-state index in [-0.39, 0.29) is 17.2 Å². The van der Waals surface area contributed by atoms with Gasteiger partial charge in [-0.3, -0.25) is 9.59 Å². The summed E-state index contributed by atoms with van der Waals surface area (Å²) < 4.78 is 6.02. The molecular weight excluding hydrogens is 378 g/mol. The first-order valence-corrected chi connectivity index (χ1v) is 10.7. The lowest BCUT2D eigenvalue weighted by atomic mass is 10.1. The van der Waals surface area contributed by atoms with E-state index in [2.05, 4.69) is 4.98 Å². The van der Waals surface area contributed by atoms with Gasteiger partial charge >= 0.3 is 0 Å². The molecular formula is C24H29N3O3. The minimum atomic E-state index is -0.353. The predicted octanol–water partition coefficient (Wildman–Crippen LogP) is 3.44. The van der Waals surface area contributed by atoms with Gasteiger partial charge in [0.1, 0.15) is 18.1 Å². The van der Waals surface area contributed by atoms with Gasteiger partial charge in [-0.15, -0.1) is 0 Å². The molecule has 0 saturated heterocycles. The van der Waals surface area contributed by atoms with Crippen molar-refractivity contribution in [3.63, 3.8) is 0 Å². The second-order valence-corrected chi connectivity index (χ2v) is 8.54. The third-order valence-electron chi connectivity index (χ3n) is 6.01. The number of ether oxygens (including phenoxy) is 1. The Kier molecular flexibility index (Phi) is 5.75. The van der Waals surface area contributed by atoms with Crippen LogP contribution in [0, 0.1) is 12.3 Å². The number of fused-ring (bicyclic) bond motifs is 2. The fourth-order valence-electron chi connectivity index (χ4n) is 3.98. The maximum absolute atomic E-state index is 13.2. The molecule has 2 aliphatic rings. The molecule has 0 unspecified atom stereocenters. The van der Waals surface area contributed by atoms with Crippen molar-refractivity contribution in [2.75, 3.05) is 26.7 Å². The Labute approximate surface area is 177 Å². The van der Waals surface area contributed by atoms with Crippen LogP contribution in [-0.2, 0) is 11.3 Å². The number of nitrogens with zero attached hydrogens (tertiary/aromatic N) is 3. The van der Waals surface area contributed by atoms with Crippen molar-refractivity contribution in [2.45, 2.75) is 39.2 Å². The average molecular weight is 408 g/mol. The number of aromatic nitrogens is 1. The molecule has 1 saturated carbocycles. The molecule has 2 heterocycles. The van der Waals surface area contributed by atoms with Crippen molar-refractivity contribution >= 4 is 11.8 Å². The van der Waals surface area contributed by atoms with E-state index < -0.39 is 0 Å². The van der Waals surface area contributed by atoms with Crippen molar-refractivity contribution in [3.05, 3.63) is 59.4 Å². The SMILES string of the molecule is Cc1cccc(C(=O)N2CCCCN(C)C(=O)C3(CC3)COc3cccc(c3)C2)n1. The number of hydrogen-bond donors (Lipinski definition) is 0. The van der Waals surface area contributed by atoms with Gasteiger partial charge < -0.3 is 14.5 Å². The Morgan fingerprint density at radius 3 is 2.63 bits per heavy atom. The zero-order valence-electron chi connectivity index (χ0n) is 17.8. The van der Waals surface area contributed by atoms with Crippen LogP contribution in [-0.4, -0.2) is 53.3 Å². The fraction of sp³-hybridized carbons (Fsp3) is 0.458. The molecule has 2 aromatic rings. The van der Waals surface area contributed by atoms with Crippen molar-refractivity contribution in [3.8, 4) is 5.75 Å². The Hall–Kier alpha value is -2.89. The van der Waals surface area contributed by atoms with E-state index in [4.69, 9.17) is 4.74 Å². The first-order chi connectivity index (χ1) is 14.5. The zero-order valence-corrected chi connectivity index (χ0v) is 17.8. The highest BCUT2D eigenvalue weighted by atomic mass is 16.5. The number of pyridine rings is 1. The lowest BCUT2D eigenvalue weighted by Crippen LogP contribution is -2.38. The summed E-state index contributed by atoms with van der Waals surface area (Å²) in [6, 6.07) is 13.4. The third-order valence-corrected chi connectivity index (χ3v) is 6.01. The standard InChI is InChI=1S/C24H29N3O3/c1-18-7-5-10-21(25-18)22(28)27-14-4-3-13-26(2)23(29)24(11-12-24)17-30-20-9-6-8-19(15-20)16-27/h5-10,15H,3-4,11-14,16-17H2,1-2H3. The fourth-order valence-corrected chi connectivity index (χ4v) is 3.98. The van der Waals surface area contributed by atoms with Crippen LogP contribution < -0.4 is 4.74 Å². The molecule has 0 radical (unpaired) electrons. The maximum Gasteiger partial charge on any atom is 0.272 e. The molecule has 6 heteroatoms. The van der Waals surface area contributed by atoms with Crippen molar-refractivity contribution in [1.29, 1.82) is 0 Å². The summed E-state index contributed by atoms with van der Waals surface area (Å²) in [5, 5.41) is 0. The molecule has 158 valence electrons. The lowest BCUT2D eigenvalue weighted by molar-refractivity contribution is -0.136. The van der Waals surface area contributed by atoms with Gasteiger partial charge in [-0.1, -0.05) is 18.2 Å². The number of aryl methyl sites for hydroxylation is 1. The zero-order chi connectivity index (χ0) is 21.1. The second kappa shape index (κ2) is 8.46. The molecule has 2 amide bonds. The van der Waals surface area contributed by atoms with Crippen molar-refractivity contribution in [2.24, 2.45) is 5.41 Å². The molecule has 0 atom stereocenters. The van der Waals surface area contributed by atoms with Gasteiger partial charge in [-0.25, -0.2) is 4.98 Å². The summed E-state index contributed by atoms with van der Waals surface area (Å²) in [6.07, 6.45) is 3.46. The lowest BCUT2D eigenvalue weighted by Gasteiger charge is -2.26. The number of rotatable bonds is 1. The van der Waals surface area contributed by atoms with Crippen molar-refractivity contribution in [1.82, 2.24) is 14.8 Å². The second-order valence-electron chi connectivity index (χ2n) is 8.54. The van der Waals surface area contributed by atoms with E-state index >= 15 is 0 Å². The Morgan fingerprint density at radius 2 is 1.87 bits per heavy atom. The molecule has 1 fully saturated rings. The molecule has 0 N–H and O–H groups in total. The first-order valence-electron chi connectivity index (χ1n) is 10.7. The maximum atomic E-state index is 13.2. The molecule has 1 spiro atoms. The Bertz CT molecular complexity index is 939. The van der Waals surface area contributed by atoms with Gasteiger partial charge in [0.15, 0.2) is 0 Å². The molecule has 6 nitrogen and oxygen atoms in total. The number of carbonyl (C=O) groups is 2. The van der Waals surface area contributed by atoms with E-state index in [1.54, 1.807) is 6.07 Å². The van der Waals surface area contributed by atoms with Crippen LogP contribution in [0.5, 0.6) is 5.75 Å². The molecule has 1 aliphatic carbocycles. The topological polar surface area (TPSA) is 62.7 Å². The highest BCUT2D eigenvalue weighted by Gasteiger charge is 2.52. The van der Waals surface area contributed by atoms with Crippen LogP contribution in [0.2, 0.25) is 0 Å². The van der Waals surface area contributed by atoms with Crippen molar-refractivity contribution < 1.29 is 14.3 Å². The van der Waals surface area contributed by atoms with Crippen LogP contribution >= 0.6 is 0 Å². The van der Waals surface area contributed by atoms with Crippen LogP contribution in [0.1, 0.15) is 47.4 Å². The smallest absolute Gasteiger partial charge is 0.272 e. The Balaban J connectivity index is 1.58. The summed E-state index contributed by atoms with van der Waals surface area (Å²) in [6.45, 7) is 4.12. The van der Waals surface area contributed by atoms with E-state index in [9.17, 15) is 9.59 Å². The van der Waals surface area contributed by atoms with E-state index in [1.165, 1.54) is 0 Å². The van der Waals surface area contributed by atoms with Gasteiger partial charge in [0.2, 0.25) is 5.91 Å². The minimum absolute atomic E-state index is 0.0709. The molecule has 2 bridgehead atoms. The summed E-state index contributed by atoms with van der Waals surface area (Å²) in [4.78, 5) is 34.1. The number of benzene rings is 1. The minimum Gasteiger partial charge on any atom is -0.492 e. The molecule has 4 rings (SSSR count). The summed E-state index contributed by atoms with van der Waals surface area (Å²) in [5.74, 6) is 0.846. The van der Waals surface area contributed by atoms with Gasteiger partial charge in [0.05, 0.1) is 5.41 Å². The van der Waals surface area contributed by atoms with Gasteiger partial charge in [-0.2, -0.15) is 0 Å². The average Bonchev–Trinajstić information content (AvgIpc) is 3.54. The summed E-state index contributed by atoms with van der Waals surface area (Å²) in [7, 11) is 1.87. The van der Waals surface area contributed by atoms with Gasteiger partial charge in [0.25, 0.3) is 5.91 Å². The Morgan fingerprint density at radius 1 is 1.10 bits per heavy atom. The number of carbonyl (C=O) groups excluding carboxylic acids is 2. The quantitative estimate of drug-likeness (QED) is 0.726. The van der Waals surface area contributed by atoms with Gasteiger partial charge in [-0.05, 0) is 62.4 Å². The molecule has 1 aliphatic heterocycles. The van der Waals surface area contributed by atoms with Crippen LogP contribution in [0.15, 0.2) is 42.5 Å². The van der Waals surface area contributed by atoms with E-state index in [0.717, 1.165) is 42.7 Å². The summed E-state index contributed by atoms with van der Waals surface area (Å²) in [5.41, 5.74) is 1.95. The van der Waals surface area contributed by atoms with Crippen LogP contribution in [0.4, 0.5) is 0 Å². The summed E-state index contributed by atoms with van der Waals surface area (Å²) >= 11 is 0. The largest absolute Gasteiger partial charge is 0.492 e. The van der Waals surface area contributed by atoms with Gasteiger partial charge in [0, 0.05) is 32.4 Å². The third kappa shape index (κ3) is 4.48. The van der Waals surface area contributed by atoms with E-state index in [0.29, 0.717) is 31.9 Å². The highest BCUT2D eigenvalue weighted by molar-refractivity contribution is 5.92. The molecule has 1 aromatic carbocycles. The van der Waals surface area contributed by atoms with Crippen LogP contribution in [0.3, 0.4) is 0 Å². The first kappa shape index (κ1) is 20.4. The highest BCUT2D eigenvalue weighted by Crippen LogP contribution is 2.47. The van der Waals surface area contributed by atoms with Crippen LogP contribution in [0.25, 0.3) is 0 Å². The molecule has 30 heavy (non-hydrogen) atoms. The predicted molar refractivity (Wildman–Crippen MR) is 114 cm³/mol. The normalized spacial score (nSPS) is 19.2. The van der Waals surface area contributed by atoms with E-state index in [1.807, 2.05) is 60.2 Å². The molecule has 1 aromatic heterocycles. The monoisotopic (exact) mass is 407 g/mol.